The van der Waals surface area contributed by atoms with Crippen LogP contribution in [-0.2, 0) is 42.8 Å². The van der Waals surface area contributed by atoms with Crippen molar-refractivity contribution in [2.45, 2.75) is 201 Å². The summed E-state index contributed by atoms with van der Waals surface area (Å²) >= 11 is 0. The fraction of sp³-hybridized carbons (Fsp3) is 0.617. The second-order valence-corrected chi connectivity index (χ2v) is 22.1. The number of hydrogen-bond donors (Lipinski definition) is 14. The van der Waals surface area contributed by atoms with Crippen LogP contribution >= 0.6 is 0 Å². The molecule has 0 radical (unpaired) electrons. The summed E-state index contributed by atoms with van der Waals surface area (Å²) in [6, 6.07) is 7.32. The van der Waals surface area contributed by atoms with E-state index in [1.807, 2.05) is 6.92 Å². The number of Topliss-reactive ketones (excluding diaryl/α,β-unsaturated/α-hetero) is 1. The average molecular weight is 1170 g/mol. The molecule has 6 unspecified atom stereocenters. The summed E-state index contributed by atoms with van der Waals surface area (Å²) in [7, 11) is 0. The molecule has 0 aliphatic carbocycles. The number of ether oxygens (including phenoxy) is 6. The number of aliphatic hydroxyl groups is 12. The van der Waals surface area contributed by atoms with E-state index in [1.165, 1.54) is 19.1 Å². The molecule has 14 N–H and O–H groups in total. The number of esters is 1. The predicted octanol–water partition coefficient (Wildman–Crippen LogP) is 0.748. The second-order valence-electron chi connectivity index (χ2n) is 22.1. The number of aliphatic carboxylic acids is 1. The van der Waals surface area contributed by atoms with Gasteiger partial charge in [0.25, 0.3) is 0 Å². The number of carbonyl (C=O) groups excluding carboxylic acids is 2. The van der Waals surface area contributed by atoms with Crippen molar-refractivity contribution in [1.82, 2.24) is 5.32 Å². The lowest BCUT2D eigenvalue weighted by atomic mass is 9.82. The Morgan fingerprint density at radius 2 is 1.29 bits per heavy atom. The maximum Gasteiger partial charge on any atom is 0.311 e. The van der Waals surface area contributed by atoms with E-state index < -0.39 is 190 Å². The highest BCUT2D eigenvalue weighted by Gasteiger charge is 2.51. The van der Waals surface area contributed by atoms with Crippen molar-refractivity contribution in [3.05, 3.63) is 121 Å². The van der Waals surface area contributed by atoms with Crippen molar-refractivity contribution >= 4 is 17.7 Å². The molecule has 23 atom stereocenters. The van der Waals surface area contributed by atoms with Crippen molar-refractivity contribution in [2.24, 2.45) is 17.8 Å². The van der Waals surface area contributed by atoms with E-state index in [0.29, 0.717) is 5.56 Å². The largest absolute Gasteiger partial charge is 0.481 e. The number of carboxylic acid groups (broad SMARTS) is 1. The van der Waals surface area contributed by atoms with E-state index in [4.69, 9.17) is 28.4 Å². The third-order valence-electron chi connectivity index (χ3n) is 15.3. The standard InChI is InChI=1S/C60H87NO22/c1-34-20-16-13-11-9-7-5-6-8-10-12-14-19-23-42(81-59-55(74)51(53(72)37(4)80-59)61-32-46(68)54(73)56-47(69)33-78-58(82-56)38-21-17-15-18-22-38)29-48-50(57(75)76)45(67)31-60(77,83-48)30-41(64)27-44(66)43(65)25-24-39(62)26-40(63)28-49(70)79-36(3)35(2)52(34)71/h5-23,34-37,39-45,47-48,50-56,58-59,61-67,69,71-74,77H,24-33H2,1-4H3,(H,75,76)/b6-5+,9-7+,10-8+,13-11+,14-12+,20-16+,23-19+/t34-,35-,36-,37?,39+,40+,41-,42-,43+,44+,45-,47+,48-,50+,51?,52+,53?,54+,55?,56+,58?,59?,60+/m0/s1. The SMILES string of the molecule is CC1OC(O[C@H]2/C=C/C=C/C=C/C=C/C=C/C=C/C=C/[C@H](C)[C@@H](O)[C@@H](C)[C@H](C)OC(=O)C[C@H](O)C[C@H](O)CC[C@@H](O)[C@H](O)C[C@H](O)C[C@]3(O)C[C@H](O)[C@@H](C(=O)O)[C@H](C2)O3)C(O)C(NCC(=O)[C@@H](O)[C@@H]2OC(c3ccccc3)OC[C@H]2O)C1O. The number of allylic oxidation sites excluding steroid dienone is 12. The van der Waals surface area contributed by atoms with Gasteiger partial charge in [0.15, 0.2) is 24.2 Å². The number of carbonyl (C=O) groups is 3. The first kappa shape index (κ1) is 69.1. The van der Waals surface area contributed by atoms with E-state index in [-0.39, 0.29) is 31.8 Å². The summed E-state index contributed by atoms with van der Waals surface area (Å²) in [5.74, 6) is -8.04. The number of aliphatic hydroxyl groups excluding tert-OH is 11. The quantitative estimate of drug-likeness (QED) is 0.152. The molecule has 4 aliphatic heterocycles. The zero-order valence-corrected chi connectivity index (χ0v) is 47.2. The van der Waals surface area contributed by atoms with Crippen LogP contribution in [0.4, 0.5) is 0 Å². The smallest absolute Gasteiger partial charge is 0.311 e. The van der Waals surface area contributed by atoms with Gasteiger partial charge in [-0.3, -0.25) is 14.4 Å². The molecule has 0 amide bonds. The first-order valence-electron chi connectivity index (χ1n) is 28.3. The Balaban J connectivity index is 1.35. The summed E-state index contributed by atoms with van der Waals surface area (Å²) in [5, 5.41) is 146. The highest BCUT2D eigenvalue weighted by Crippen LogP contribution is 2.38. The normalized spacial score (nSPS) is 42.3. The van der Waals surface area contributed by atoms with Crippen LogP contribution in [0.25, 0.3) is 0 Å². The number of cyclic esters (lactones) is 1. The molecule has 1 aromatic carbocycles. The van der Waals surface area contributed by atoms with Gasteiger partial charge in [-0.15, -0.1) is 0 Å². The number of hydrogen-bond acceptors (Lipinski definition) is 22. The molecule has 3 fully saturated rings. The van der Waals surface area contributed by atoms with Crippen LogP contribution in [0, 0.1) is 17.8 Å². The number of ketones is 1. The van der Waals surface area contributed by atoms with Crippen LogP contribution in [0.1, 0.15) is 90.9 Å². The summed E-state index contributed by atoms with van der Waals surface area (Å²) in [4.78, 5) is 38.9. The molecule has 464 valence electrons. The van der Waals surface area contributed by atoms with Crippen molar-refractivity contribution in [3.63, 3.8) is 0 Å². The van der Waals surface area contributed by atoms with Crippen LogP contribution in [0.5, 0.6) is 0 Å². The van der Waals surface area contributed by atoms with Crippen LogP contribution in [0.15, 0.2) is 115 Å². The Morgan fingerprint density at radius 1 is 0.675 bits per heavy atom. The maximum atomic E-state index is 13.4. The minimum Gasteiger partial charge on any atom is -0.481 e. The molecule has 23 nitrogen and oxygen atoms in total. The van der Waals surface area contributed by atoms with E-state index >= 15 is 0 Å². The van der Waals surface area contributed by atoms with Crippen molar-refractivity contribution in [1.29, 1.82) is 0 Å². The first-order valence-corrected chi connectivity index (χ1v) is 28.3. The van der Waals surface area contributed by atoms with Crippen molar-refractivity contribution < 1.29 is 109 Å². The number of nitrogens with one attached hydrogen (secondary N) is 1. The van der Waals surface area contributed by atoms with Crippen molar-refractivity contribution in [2.75, 3.05) is 13.2 Å². The molecular formula is C60H87NO22. The van der Waals surface area contributed by atoms with Crippen LogP contribution < -0.4 is 5.32 Å². The molecule has 5 rings (SSSR count). The summed E-state index contributed by atoms with van der Waals surface area (Å²) in [5.41, 5.74) is 0.582. The number of rotatable bonds is 9. The Kier molecular flexibility index (Phi) is 28.2. The summed E-state index contributed by atoms with van der Waals surface area (Å²) in [6.45, 7) is 5.75. The summed E-state index contributed by atoms with van der Waals surface area (Å²) in [6.07, 6.45) is -4.73. The zero-order chi connectivity index (χ0) is 61.0. The third kappa shape index (κ3) is 21.6. The van der Waals surface area contributed by atoms with Gasteiger partial charge in [-0.1, -0.05) is 129 Å². The molecule has 0 aromatic heterocycles. The zero-order valence-electron chi connectivity index (χ0n) is 47.2. The first-order chi connectivity index (χ1) is 39.4. The van der Waals surface area contributed by atoms with E-state index in [0.717, 1.165) is 0 Å². The van der Waals surface area contributed by atoms with Gasteiger partial charge in [0, 0.05) is 43.1 Å². The molecule has 0 spiro atoms. The van der Waals surface area contributed by atoms with Gasteiger partial charge in [0.2, 0.25) is 0 Å². The topological polar surface area (TPSA) is 382 Å². The van der Waals surface area contributed by atoms with Crippen LogP contribution in [-0.4, -0.2) is 213 Å². The van der Waals surface area contributed by atoms with Gasteiger partial charge in [0.1, 0.15) is 36.4 Å². The van der Waals surface area contributed by atoms with Gasteiger partial charge >= 0.3 is 11.9 Å². The fourth-order valence-corrected chi connectivity index (χ4v) is 10.3. The molecule has 4 heterocycles. The lowest BCUT2D eigenvalue weighted by molar-refractivity contribution is -0.309. The van der Waals surface area contributed by atoms with Crippen LogP contribution in [0.3, 0.4) is 0 Å². The van der Waals surface area contributed by atoms with Gasteiger partial charge < -0.3 is 100 Å². The van der Waals surface area contributed by atoms with Gasteiger partial charge in [-0.25, -0.2) is 0 Å². The van der Waals surface area contributed by atoms with E-state index in [2.05, 4.69) is 5.32 Å². The Morgan fingerprint density at radius 3 is 1.92 bits per heavy atom. The molecule has 83 heavy (non-hydrogen) atoms. The highest BCUT2D eigenvalue weighted by molar-refractivity contribution is 5.85. The molecule has 0 saturated carbocycles. The van der Waals surface area contributed by atoms with Gasteiger partial charge in [0.05, 0.1) is 92.8 Å². The fourth-order valence-electron chi connectivity index (χ4n) is 10.3. The average Bonchev–Trinajstić information content (AvgIpc) is 3.50. The Labute approximate surface area is 483 Å². The Bertz CT molecular complexity index is 2360. The van der Waals surface area contributed by atoms with Gasteiger partial charge in [-0.05, 0) is 33.1 Å². The summed E-state index contributed by atoms with van der Waals surface area (Å²) < 4.78 is 35.0. The monoisotopic (exact) mass is 1170 g/mol. The predicted molar refractivity (Wildman–Crippen MR) is 298 cm³/mol. The van der Waals surface area contributed by atoms with E-state index in [9.17, 15) is 80.8 Å². The van der Waals surface area contributed by atoms with Crippen molar-refractivity contribution in [3.8, 4) is 0 Å². The maximum absolute atomic E-state index is 13.4. The highest BCUT2D eigenvalue weighted by atomic mass is 16.7. The third-order valence-corrected chi connectivity index (χ3v) is 15.3. The molecule has 2 bridgehead atoms. The lowest BCUT2D eigenvalue weighted by Gasteiger charge is -2.45. The minimum absolute atomic E-state index is 0.145. The van der Waals surface area contributed by atoms with E-state index in [1.54, 1.807) is 117 Å². The number of carboxylic acids is 1. The number of fused-ring (bicyclic) bond motifs is 2. The van der Waals surface area contributed by atoms with Crippen LogP contribution in [0.2, 0.25) is 0 Å². The molecule has 23 heteroatoms. The number of benzene rings is 1. The molecule has 4 aliphatic rings. The lowest BCUT2D eigenvalue weighted by Crippen LogP contribution is -2.64. The second kappa shape index (κ2) is 33.8. The Hall–Kier alpha value is -4.71. The molecular weight excluding hydrogens is 1090 g/mol. The van der Waals surface area contributed by atoms with Gasteiger partial charge in [-0.2, -0.15) is 0 Å². The minimum atomic E-state index is -2.42. The molecule has 3 saturated heterocycles. The molecule has 1 aromatic rings.